The SMILES string of the molecule is Cc1ccc(-c2nnc(CCC(=O)Nc3cccc(OC4CCCC4)c3)o2)cc1. The third kappa shape index (κ3) is 5.22. The van der Waals surface area contributed by atoms with E-state index in [0.29, 0.717) is 24.3 Å². The maximum atomic E-state index is 12.3. The molecule has 1 heterocycles. The first-order chi connectivity index (χ1) is 14.2. The summed E-state index contributed by atoms with van der Waals surface area (Å²) in [5.74, 6) is 1.62. The van der Waals surface area contributed by atoms with Gasteiger partial charge in [0.05, 0.1) is 6.10 Å². The maximum absolute atomic E-state index is 12.3. The van der Waals surface area contributed by atoms with Gasteiger partial charge in [0.15, 0.2) is 0 Å². The molecule has 6 nitrogen and oxygen atoms in total. The first kappa shape index (κ1) is 19.2. The van der Waals surface area contributed by atoms with Gasteiger partial charge in [-0.1, -0.05) is 23.8 Å². The molecule has 3 aromatic rings. The van der Waals surface area contributed by atoms with Gasteiger partial charge in [-0.15, -0.1) is 10.2 Å². The fourth-order valence-corrected chi connectivity index (χ4v) is 3.46. The Balaban J connectivity index is 1.29. The summed E-state index contributed by atoms with van der Waals surface area (Å²) >= 11 is 0. The van der Waals surface area contributed by atoms with Crippen LogP contribution in [0, 0.1) is 6.92 Å². The third-order valence-electron chi connectivity index (χ3n) is 5.05. The Labute approximate surface area is 170 Å². The van der Waals surface area contributed by atoms with Crippen LogP contribution in [0.1, 0.15) is 43.6 Å². The number of rotatable bonds is 7. The van der Waals surface area contributed by atoms with Gasteiger partial charge in [0, 0.05) is 30.2 Å². The number of aromatic nitrogens is 2. The van der Waals surface area contributed by atoms with Crippen LogP contribution >= 0.6 is 0 Å². The highest BCUT2D eigenvalue weighted by Crippen LogP contribution is 2.26. The predicted molar refractivity (Wildman–Crippen MR) is 111 cm³/mol. The van der Waals surface area contributed by atoms with E-state index in [0.717, 1.165) is 29.8 Å². The van der Waals surface area contributed by atoms with Crippen molar-refractivity contribution in [2.45, 2.75) is 51.6 Å². The zero-order valence-corrected chi connectivity index (χ0v) is 16.6. The second-order valence-electron chi connectivity index (χ2n) is 7.47. The molecule has 0 unspecified atom stereocenters. The molecule has 150 valence electrons. The average Bonchev–Trinajstić information content (AvgIpc) is 3.39. The number of nitrogens with zero attached hydrogens (tertiary/aromatic N) is 2. The number of carbonyl (C=O) groups excluding carboxylic acids is 1. The molecule has 0 aliphatic heterocycles. The molecule has 6 heteroatoms. The van der Waals surface area contributed by atoms with Gasteiger partial charge in [0.2, 0.25) is 17.7 Å². The molecule has 0 atom stereocenters. The number of nitrogens with one attached hydrogen (secondary N) is 1. The molecule has 1 fully saturated rings. The monoisotopic (exact) mass is 391 g/mol. The summed E-state index contributed by atoms with van der Waals surface area (Å²) in [6.07, 6.45) is 5.61. The van der Waals surface area contributed by atoms with Gasteiger partial charge in [0.1, 0.15) is 5.75 Å². The van der Waals surface area contributed by atoms with E-state index in [1.54, 1.807) is 0 Å². The number of carbonyl (C=O) groups is 1. The molecule has 2 aromatic carbocycles. The highest BCUT2D eigenvalue weighted by atomic mass is 16.5. The van der Waals surface area contributed by atoms with Crippen molar-refractivity contribution in [1.29, 1.82) is 0 Å². The number of benzene rings is 2. The summed E-state index contributed by atoms with van der Waals surface area (Å²) in [7, 11) is 0. The smallest absolute Gasteiger partial charge is 0.247 e. The van der Waals surface area contributed by atoms with Crippen LogP contribution in [0.2, 0.25) is 0 Å². The average molecular weight is 391 g/mol. The molecular weight excluding hydrogens is 366 g/mol. The molecule has 1 aliphatic rings. The Morgan fingerprint density at radius 2 is 1.93 bits per heavy atom. The van der Waals surface area contributed by atoms with Crippen LogP contribution in [0.5, 0.6) is 5.75 Å². The second-order valence-corrected chi connectivity index (χ2v) is 7.47. The highest BCUT2D eigenvalue weighted by molar-refractivity contribution is 5.90. The first-order valence-electron chi connectivity index (χ1n) is 10.1. The summed E-state index contributed by atoms with van der Waals surface area (Å²) < 4.78 is 11.7. The summed E-state index contributed by atoms with van der Waals surface area (Å²) in [5.41, 5.74) is 2.78. The van der Waals surface area contributed by atoms with Gasteiger partial charge in [-0.05, 0) is 56.9 Å². The standard InChI is InChI=1S/C23H25N3O3/c1-16-9-11-17(12-10-16)23-26-25-22(29-23)14-13-21(27)24-18-5-4-8-20(15-18)28-19-6-2-3-7-19/h4-5,8-12,15,19H,2-3,6-7,13-14H2,1H3,(H,24,27). The van der Waals surface area contributed by atoms with Crippen LogP contribution < -0.4 is 10.1 Å². The van der Waals surface area contributed by atoms with Crippen LogP contribution in [0.3, 0.4) is 0 Å². The molecule has 1 amide bonds. The highest BCUT2D eigenvalue weighted by Gasteiger charge is 2.16. The van der Waals surface area contributed by atoms with Crippen LogP contribution in [-0.2, 0) is 11.2 Å². The topological polar surface area (TPSA) is 77.2 Å². The van der Waals surface area contributed by atoms with Crippen molar-refractivity contribution < 1.29 is 13.9 Å². The first-order valence-corrected chi connectivity index (χ1v) is 10.1. The molecule has 0 radical (unpaired) electrons. The van der Waals surface area contributed by atoms with Crippen molar-refractivity contribution in [1.82, 2.24) is 10.2 Å². The minimum Gasteiger partial charge on any atom is -0.490 e. The number of anilines is 1. The lowest BCUT2D eigenvalue weighted by atomic mass is 10.1. The minimum absolute atomic E-state index is 0.0990. The van der Waals surface area contributed by atoms with Gasteiger partial charge >= 0.3 is 0 Å². The summed E-state index contributed by atoms with van der Waals surface area (Å²) in [4.78, 5) is 12.3. The van der Waals surface area contributed by atoms with Crippen molar-refractivity contribution in [2.75, 3.05) is 5.32 Å². The lowest BCUT2D eigenvalue weighted by Gasteiger charge is -2.14. The van der Waals surface area contributed by atoms with Gasteiger partial charge in [-0.2, -0.15) is 0 Å². The number of hydrogen-bond donors (Lipinski definition) is 1. The number of ether oxygens (including phenoxy) is 1. The molecule has 1 saturated carbocycles. The lowest BCUT2D eigenvalue weighted by molar-refractivity contribution is -0.116. The zero-order valence-electron chi connectivity index (χ0n) is 16.6. The van der Waals surface area contributed by atoms with Crippen molar-refractivity contribution in [3.63, 3.8) is 0 Å². The minimum atomic E-state index is -0.0990. The fourth-order valence-electron chi connectivity index (χ4n) is 3.46. The van der Waals surface area contributed by atoms with E-state index in [9.17, 15) is 4.79 Å². The Hall–Kier alpha value is -3.15. The number of aryl methyl sites for hydroxylation is 2. The molecule has 0 spiro atoms. The van der Waals surface area contributed by atoms with Crippen LogP contribution in [0.25, 0.3) is 11.5 Å². The van der Waals surface area contributed by atoms with Gasteiger partial charge in [0.25, 0.3) is 0 Å². The van der Waals surface area contributed by atoms with E-state index in [-0.39, 0.29) is 12.3 Å². The van der Waals surface area contributed by atoms with Crippen molar-refractivity contribution >= 4 is 11.6 Å². The molecular formula is C23H25N3O3. The lowest BCUT2D eigenvalue weighted by Crippen LogP contribution is -2.13. The van der Waals surface area contributed by atoms with E-state index in [4.69, 9.17) is 9.15 Å². The number of amides is 1. The Bertz CT molecular complexity index is 960. The van der Waals surface area contributed by atoms with Gasteiger partial charge < -0.3 is 14.5 Å². The third-order valence-corrected chi connectivity index (χ3v) is 5.05. The Morgan fingerprint density at radius 3 is 2.72 bits per heavy atom. The van der Waals surface area contributed by atoms with Gasteiger partial charge in [-0.3, -0.25) is 4.79 Å². The van der Waals surface area contributed by atoms with E-state index in [2.05, 4.69) is 15.5 Å². The summed E-state index contributed by atoms with van der Waals surface area (Å²) in [6, 6.07) is 15.4. The molecule has 0 saturated heterocycles. The zero-order chi connectivity index (χ0) is 20.1. The number of hydrogen-bond acceptors (Lipinski definition) is 5. The molecule has 1 aromatic heterocycles. The van der Waals surface area contributed by atoms with E-state index in [1.165, 1.54) is 18.4 Å². The van der Waals surface area contributed by atoms with Crippen LogP contribution in [0.15, 0.2) is 52.9 Å². The normalized spacial score (nSPS) is 14.1. The Kier molecular flexibility index (Phi) is 5.89. The van der Waals surface area contributed by atoms with Crippen molar-refractivity contribution in [3.05, 3.63) is 60.0 Å². The van der Waals surface area contributed by atoms with Crippen molar-refractivity contribution in [2.24, 2.45) is 0 Å². The van der Waals surface area contributed by atoms with E-state index >= 15 is 0 Å². The molecule has 0 bridgehead atoms. The quantitative estimate of drug-likeness (QED) is 0.617. The summed E-state index contributed by atoms with van der Waals surface area (Å²) in [5, 5.41) is 11.0. The largest absolute Gasteiger partial charge is 0.490 e. The Morgan fingerprint density at radius 1 is 1.14 bits per heavy atom. The van der Waals surface area contributed by atoms with E-state index in [1.807, 2.05) is 55.5 Å². The molecule has 4 rings (SSSR count). The van der Waals surface area contributed by atoms with Gasteiger partial charge in [-0.25, -0.2) is 0 Å². The molecule has 1 N–H and O–H groups in total. The maximum Gasteiger partial charge on any atom is 0.247 e. The molecule has 1 aliphatic carbocycles. The second kappa shape index (κ2) is 8.90. The fraction of sp³-hybridized carbons (Fsp3) is 0.348. The molecule has 29 heavy (non-hydrogen) atoms. The van der Waals surface area contributed by atoms with Crippen LogP contribution in [0.4, 0.5) is 5.69 Å². The van der Waals surface area contributed by atoms with Crippen molar-refractivity contribution in [3.8, 4) is 17.2 Å². The van der Waals surface area contributed by atoms with Crippen LogP contribution in [-0.4, -0.2) is 22.2 Å². The predicted octanol–water partition coefficient (Wildman–Crippen LogP) is 4.94. The van der Waals surface area contributed by atoms with E-state index < -0.39 is 0 Å². The summed E-state index contributed by atoms with van der Waals surface area (Å²) in [6.45, 7) is 2.03.